The number of carboxylic acid groups (broad SMARTS) is 1. The van der Waals surface area contributed by atoms with Crippen LogP contribution in [0.4, 0.5) is 0 Å². The van der Waals surface area contributed by atoms with Crippen LogP contribution >= 0.6 is 0 Å². The van der Waals surface area contributed by atoms with Gasteiger partial charge in [-0.25, -0.2) is 0 Å². The minimum Gasteiger partial charge on any atom is -0.481 e. The molecule has 3 nitrogen and oxygen atoms in total. The number of unbranched alkanes of at least 4 members (excludes halogenated alkanes) is 3. The van der Waals surface area contributed by atoms with E-state index in [0.29, 0.717) is 0 Å². The molecule has 1 atom stereocenters. The Hall–Kier alpha value is -0.570. The summed E-state index contributed by atoms with van der Waals surface area (Å²) in [5.74, 6) is -0.740. The first-order valence-corrected chi connectivity index (χ1v) is 8.02. The topological polar surface area (TPSA) is 40.5 Å². The van der Waals surface area contributed by atoms with Crippen LogP contribution in [-0.4, -0.2) is 35.6 Å². The maximum atomic E-state index is 10.6. The van der Waals surface area contributed by atoms with E-state index in [1.54, 1.807) is 0 Å². The minimum absolute atomic E-state index is 0.109. The molecule has 0 aromatic rings. The van der Waals surface area contributed by atoms with Gasteiger partial charge in [0.05, 0.1) is 5.92 Å². The van der Waals surface area contributed by atoms with Crippen LogP contribution in [0.5, 0.6) is 0 Å². The summed E-state index contributed by atoms with van der Waals surface area (Å²) < 4.78 is 0. The molecule has 3 heteroatoms. The average Bonchev–Trinajstić information content (AvgIpc) is 2.41. The van der Waals surface area contributed by atoms with Crippen LogP contribution in [0, 0.1) is 5.92 Å². The summed E-state index contributed by atoms with van der Waals surface area (Å²) in [4.78, 5) is 13.0. The van der Waals surface area contributed by atoms with Crippen LogP contribution in [0.2, 0.25) is 0 Å². The molecule has 0 aliphatic rings. The largest absolute Gasteiger partial charge is 0.481 e. The van der Waals surface area contributed by atoms with E-state index >= 15 is 0 Å². The molecule has 0 radical (unpaired) electrons. The second kappa shape index (κ2) is 15.5. The molecule has 0 heterocycles. The molecule has 0 amide bonds. The Morgan fingerprint density at radius 2 is 1.47 bits per heavy atom. The second-order valence-corrected chi connectivity index (χ2v) is 4.91. The summed E-state index contributed by atoms with van der Waals surface area (Å²) in [7, 11) is 0. The van der Waals surface area contributed by atoms with E-state index in [4.69, 9.17) is 5.11 Å². The van der Waals surface area contributed by atoms with Crippen LogP contribution in [0.3, 0.4) is 0 Å². The first kappa shape index (κ1) is 20.7. The fraction of sp³-hybridized carbons (Fsp3) is 0.938. The minimum atomic E-state index is -0.631. The van der Waals surface area contributed by atoms with Gasteiger partial charge in [0.25, 0.3) is 0 Å². The maximum absolute atomic E-state index is 10.6. The second-order valence-electron chi connectivity index (χ2n) is 4.91. The van der Waals surface area contributed by atoms with E-state index in [0.717, 1.165) is 19.3 Å². The lowest BCUT2D eigenvalue weighted by atomic mass is 9.99. The number of hydrogen-bond acceptors (Lipinski definition) is 2. The lowest BCUT2D eigenvalue weighted by Crippen LogP contribution is -2.21. The molecular formula is C16H35NO2. The molecule has 0 fully saturated rings. The van der Waals surface area contributed by atoms with Crippen LogP contribution in [0.1, 0.15) is 73.1 Å². The summed E-state index contributed by atoms with van der Waals surface area (Å²) in [6.45, 7) is 14.2. The molecule has 1 unspecified atom stereocenters. The number of rotatable bonds is 10. The van der Waals surface area contributed by atoms with Crippen LogP contribution in [0.15, 0.2) is 0 Å². The lowest BCUT2D eigenvalue weighted by Gasteiger charge is -2.13. The van der Waals surface area contributed by atoms with Crippen molar-refractivity contribution in [3.05, 3.63) is 0 Å². The first-order valence-electron chi connectivity index (χ1n) is 8.02. The molecule has 116 valence electrons. The predicted molar refractivity (Wildman–Crippen MR) is 83.6 cm³/mol. The molecule has 0 spiro atoms. The van der Waals surface area contributed by atoms with Gasteiger partial charge in [-0.05, 0) is 32.5 Å². The third kappa shape index (κ3) is 13.7. The number of aliphatic carboxylic acids is 1. The summed E-state index contributed by atoms with van der Waals surface area (Å²) in [5, 5.41) is 8.73. The van der Waals surface area contributed by atoms with Crippen molar-refractivity contribution in [3.63, 3.8) is 0 Å². The average molecular weight is 273 g/mol. The smallest absolute Gasteiger partial charge is 0.306 e. The zero-order chi connectivity index (χ0) is 15.1. The molecule has 0 rings (SSSR count). The SMILES string of the molecule is CCCCCCC(CC)C(=O)O.CCN(CC)CC. The van der Waals surface area contributed by atoms with Crippen molar-refractivity contribution in [3.8, 4) is 0 Å². The van der Waals surface area contributed by atoms with Crippen LogP contribution < -0.4 is 0 Å². The molecule has 0 aromatic heterocycles. The molecule has 19 heavy (non-hydrogen) atoms. The van der Waals surface area contributed by atoms with Crippen molar-refractivity contribution >= 4 is 5.97 Å². The number of hydrogen-bond donors (Lipinski definition) is 1. The molecule has 0 aromatic carbocycles. The van der Waals surface area contributed by atoms with Gasteiger partial charge in [0.1, 0.15) is 0 Å². The Balaban J connectivity index is 0. The normalized spacial score (nSPS) is 11.9. The maximum Gasteiger partial charge on any atom is 0.306 e. The Bertz CT molecular complexity index is 186. The van der Waals surface area contributed by atoms with Gasteiger partial charge in [0.2, 0.25) is 0 Å². The fourth-order valence-electron chi connectivity index (χ4n) is 1.99. The van der Waals surface area contributed by atoms with Gasteiger partial charge in [-0.3, -0.25) is 4.79 Å². The third-order valence-electron chi connectivity index (χ3n) is 3.59. The molecule has 0 aliphatic heterocycles. The Morgan fingerprint density at radius 3 is 1.74 bits per heavy atom. The highest BCUT2D eigenvalue weighted by atomic mass is 16.4. The molecule has 0 saturated carbocycles. The van der Waals surface area contributed by atoms with E-state index in [1.165, 1.54) is 38.9 Å². The Morgan fingerprint density at radius 1 is 0.947 bits per heavy atom. The van der Waals surface area contributed by atoms with E-state index in [1.807, 2.05) is 6.92 Å². The first-order chi connectivity index (χ1) is 9.06. The highest BCUT2D eigenvalue weighted by Crippen LogP contribution is 2.13. The predicted octanol–water partition coefficient (Wildman–Crippen LogP) is 4.42. The Labute approximate surface area is 120 Å². The zero-order valence-electron chi connectivity index (χ0n) is 13.7. The summed E-state index contributed by atoms with van der Waals surface area (Å²) in [6, 6.07) is 0. The van der Waals surface area contributed by atoms with Crippen molar-refractivity contribution in [1.29, 1.82) is 0 Å². The standard InChI is InChI=1S/C10H20O2.C6H15N/c1-3-5-6-7-8-9(4-2)10(11)12;1-4-7(5-2)6-3/h9H,3-8H2,1-2H3,(H,11,12);4-6H2,1-3H3. The zero-order valence-corrected chi connectivity index (χ0v) is 13.7. The van der Waals surface area contributed by atoms with Gasteiger partial charge in [0, 0.05) is 0 Å². The van der Waals surface area contributed by atoms with Gasteiger partial charge in [-0.1, -0.05) is 60.3 Å². The van der Waals surface area contributed by atoms with Gasteiger partial charge in [0.15, 0.2) is 0 Å². The van der Waals surface area contributed by atoms with Crippen molar-refractivity contribution in [2.75, 3.05) is 19.6 Å². The third-order valence-corrected chi connectivity index (χ3v) is 3.59. The van der Waals surface area contributed by atoms with Gasteiger partial charge in [-0.2, -0.15) is 0 Å². The number of carbonyl (C=O) groups is 1. The number of carboxylic acids is 1. The van der Waals surface area contributed by atoms with Crippen molar-refractivity contribution in [2.24, 2.45) is 5.92 Å². The van der Waals surface area contributed by atoms with Crippen molar-refractivity contribution in [2.45, 2.75) is 73.1 Å². The molecular weight excluding hydrogens is 238 g/mol. The quantitative estimate of drug-likeness (QED) is 0.599. The monoisotopic (exact) mass is 273 g/mol. The van der Waals surface area contributed by atoms with Crippen LogP contribution in [-0.2, 0) is 4.79 Å². The van der Waals surface area contributed by atoms with Crippen molar-refractivity contribution < 1.29 is 9.90 Å². The van der Waals surface area contributed by atoms with E-state index in [2.05, 4.69) is 32.6 Å². The molecule has 0 aliphatic carbocycles. The summed E-state index contributed by atoms with van der Waals surface area (Å²) in [5.41, 5.74) is 0. The van der Waals surface area contributed by atoms with E-state index < -0.39 is 5.97 Å². The highest BCUT2D eigenvalue weighted by Gasteiger charge is 2.13. The van der Waals surface area contributed by atoms with E-state index in [9.17, 15) is 4.79 Å². The van der Waals surface area contributed by atoms with Crippen molar-refractivity contribution in [1.82, 2.24) is 4.90 Å². The van der Waals surface area contributed by atoms with Gasteiger partial charge >= 0.3 is 5.97 Å². The highest BCUT2D eigenvalue weighted by molar-refractivity contribution is 5.69. The fourth-order valence-corrected chi connectivity index (χ4v) is 1.99. The lowest BCUT2D eigenvalue weighted by molar-refractivity contribution is -0.142. The molecule has 0 saturated heterocycles. The van der Waals surface area contributed by atoms with E-state index in [-0.39, 0.29) is 5.92 Å². The molecule has 0 bridgehead atoms. The summed E-state index contributed by atoms with van der Waals surface area (Å²) in [6.07, 6.45) is 6.31. The Kier molecular flexibility index (Phi) is 16.9. The van der Waals surface area contributed by atoms with Gasteiger partial charge < -0.3 is 10.0 Å². The van der Waals surface area contributed by atoms with Crippen LogP contribution in [0.25, 0.3) is 0 Å². The summed E-state index contributed by atoms with van der Waals surface area (Å²) >= 11 is 0. The molecule has 1 N–H and O–H groups in total. The number of nitrogens with zero attached hydrogens (tertiary/aromatic N) is 1. The van der Waals surface area contributed by atoms with Gasteiger partial charge in [-0.15, -0.1) is 0 Å².